The van der Waals surface area contributed by atoms with Gasteiger partial charge in [0, 0.05) is 0 Å². The second-order valence-electron chi connectivity index (χ2n) is 5.59. The Labute approximate surface area is 145 Å². The van der Waals surface area contributed by atoms with Gasteiger partial charge in [-0.15, -0.1) is 11.3 Å². The van der Waals surface area contributed by atoms with Crippen molar-refractivity contribution in [1.82, 2.24) is 9.55 Å². The number of carboxylic acid groups (broad SMARTS) is 2. The standard InChI is InChI=1S/C17H14N2O5S/c1-8-12-14(25-13(8)17(23)24)18-9(2)19(15(12)20)7-10-3-5-11(6-4-10)16(21)22/h3-6H,7H2,1-2H3,(H,21,22)(H,23,24). The maximum Gasteiger partial charge on any atom is 0.346 e. The van der Waals surface area contributed by atoms with Crippen LogP contribution < -0.4 is 5.56 Å². The smallest absolute Gasteiger partial charge is 0.346 e. The summed E-state index contributed by atoms with van der Waals surface area (Å²) in [5, 5.41) is 18.5. The van der Waals surface area contributed by atoms with Crippen molar-refractivity contribution in [2.24, 2.45) is 0 Å². The number of hydrogen-bond donors (Lipinski definition) is 2. The average molecular weight is 358 g/mol. The van der Waals surface area contributed by atoms with E-state index < -0.39 is 11.9 Å². The molecule has 0 radical (unpaired) electrons. The van der Waals surface area contributed by atoms with Crippen LogP contribution in [0.2, 0.25) is 0 Å². The van der Waals surface area contributed by atoms with Gasteiger partial charge in [-0.1, -0.05) is 12.1 Å². The first-order valence-electron chi connectivity index (χ1n) is 7.35. The van der Waals surface area contributed by atoms with Crippen molar-refractivity contribution in [3.8, 4) is 0 Å². The minimum Gasteiger partial charge on any atom is -0.478 e. The van der Waals surface area contributed by atoms with Gasteiger partial charge in [-0.2, -0.15) is 0 Å². The molecule has 0 atom stereocenters. The monoisotopic (exact) mass is 358 g/mol. The molecule has 128 valence electrons. The van der Waals surface area contributed by atoms with Gasteiger partial charge in [0.1, 0.15) is 15.5 Å². The molecule has 0 saturated carbocycles. The van der Waals surface area contributed by atoms with Gasteiger partial charge in [0.25, 0.3) is 5.56 Å². The largest absolute Gasteiger partial charge is 0.478 e. The van der Waals surface area contributed by atoms with Gasteiger partial charge in [0.15, 0.2) is 0 Å². The fourth-order valence-electron chi connectivity index (χ4n) is 2.64. The minimum atomic E-state index is -1.08. The predicted octanol–water partition coefficient (Wildman–Crippen LogP) is 2.52. The molecule has 1 aromatic carbocycles. The van der Waals surface area contributed by atoms with Gasteiger partial charge < -0.3 is 10.2 Å². The molecule has 0 aliphatic rings. The molecule has 8 heteroatoms. The Morgan fingerprint density at radius 3 is 2.32 bits per heavy atom. The van der Waals surface area contributed by atoms with Crippen molar-refractivity contribution >= 4 is 33.5 Å². The van der Waals surface area contributed by atoms with Crippen LogP contribution in [0.3, 0.4) is 0 Å². The van der Waals surface area contributed by atoms with Crippen molar-refractivity contribution in [2.75, 3.05) is 0 Å². The van der Waals surface area contributed by atoms with E-state index in [1.807, 2.05) is 0 Å². The second kappa shape index (κ2) is 6.14. The molecule has 3 rings (SSSR count). The molecule has 2 aromatic heterocycles. The number of rotatable bonds is 4. The lowest BCUT2D eigenvalue weighted by molar-refractivity contribution is 0.0688. The van der Waals surface area contributed by atoms with E-state index in [1.54, 1.807) is 26.0 Å². The molecule has 0 amide bonds. The van der Waals surface area contributed by atoms with Crippen molar-refractivity contribution in [3.63, 3.8) is 0 Å². The third kappa shape index (κ3) is 2.91. The van der Waals surface area contributed by atoms with E-state index in [-0.39, 0.29) is 22.5 Å². The molecule has 25 heavy (non-hydrogen) atoms. The van der Waals surface area contributed by atoms with Crippen molar-refractivity contribution in [2.45, 2.75) is 20.4 Å². The zero-order valence-electron chi connectivity index (χ0n) is 13.4. The molecule has 0 aliphatic carbocycles. The Bertz CT molecular complexity index is 1060. The molecular formula is C17H14N2O5S. The Hall–Kier alpha value is -3.00. The lowest BCUT2D eigenvalue weighted by Gasteiger charge is -2.10. The SMILES string of the molecule is Cc1c(C(=O)O)sc2nc(C)n(Cc3ccc(C(=O)O)cc3)c(=O)c12. The van der Waals surface area contributed by atoms with E-state index in [9.17, 15) is 19.5 Å². The molecule has 0 bridgehead atoms. The average Bonchev–Trinajstić information content (AvgIpc) is 2.88. The van der Waals surface area contributed by atoms with Gasteiger partial charge >= 0.3 is 11.9 Å². The summed E-state index contributed by atoms with van der Waals surface area (Å²) in [6, 6.07) is 6.23. The third-order valence-electron chi connectivity index (χ3n) is 3.98. The lowest BCUT2D eigenvalue weighted by Crippen LogP contribution is -2.24. The van der Waals surface area contributed by atoms with Crippen LogP contribution in [0.25, 0.3) is 10.2 Å². The quantitative estimate of drug-likeness (QED) is 0.742. The molecule has 3 aromatic rings. The van der Waals surface area contributed by atoms with E-state index in [1.165, 1.54) is 16.7 Å². The normalized spacial score (nSPS) is 11.0. The van der Waals surface area contributed by atoms with Gasteiger partial charge in [-0.3, -0.25) is 9.36 Å². The lowest BCUT2D eigenvalue weighted by atomic mass is 10.1. The third-order valence-corrected chi connectivity index (χ3v) is 5.15. The molecular weight excluding hydrogens is 344 g/mol. The summed E-state index contributed by atoms with van der Waals surface area (Å²) < 4.78 is 1.46. The number of benzene rings is 1. The highest BCUT2D eigenvalue weighted by Crippen LogP contribution is 2.27. The highest BCUT2D eigenvalue weighted by atomic mass is 32.1. The van der Waals surface area contributed by atoms with Crippen LogP contribution in [0.4, 0.5) is 0 Å². The second-order valence-corrected chi connectivity index (χ2v) is 6.59. The molecule has 0 aliphatic heterocycles. The Morgan fingerprint density at radius 2 is 1.76 bits per heavy atom. The first-order valence-corrected chi connectivity index (χ1v) is 8.17. The number of aryl methyl sites for hydroxylation is 2. The molecule has 0 unspecified atom stereocenters. The minimum absolute atomic E-state index is 0.113. The maximum atomic E-state index is 12.8. The number of fused-ring (bicyclic) bond motifs is 1. The zero-order valence-corrected chi connectivity index (χ0v) is 14.3. The van der Waals surface area contributed by atoms with Crippen LogP contribution in [-0.2, 0) is 6.54 Å². The summed E-state index contributed by atoms with van der Waals surface area (Å²) in [4.78, 5) is 39.9. The van der Waals surface area contributed by atoms with Crippen molar-refractivity contribution < 1.29 is 19.8 Å². The van der Waals surface area contributed by atoms with Gasteiger partial charge in [0.2, 0.25) is 0 Å². The van der Waals surface area contributed by atoms with Crippen LogP contribution in [0, 0.1) is 13.8 Å². The summed E-state index contributed by atoms with van der Waals surface area (Å²) in [6.45, 7) is 3.51. The number of carbonyl (C=O) groups is 2. The topological polar surface area (TPSA) is 109 Å². The number of hydrogen-bond acceptors (Lipinski definition) is 5. The summed E-state index contributed by atoms with van der Waals surface area (Å²) in [7, 11) is 0. The summed E-state index contributed by atoms with van der Waals surface area (Å²) >= 11 is 0.991. The molecule has 2 N–H and O–H groups in total. The number of aromatic nitrogens is 2. The van der Waals surface area contributed by atoms with Crippen molar-refractivity contribution in [3.05, 3.63) is 62.0 Å². The Morgan fingerprint density at radius 1 is 1.12 bits per heavy atom. The Kier molecular flexibility index (Phi) is 4.13. The molecule has 0 saturated heterocycles. The van der Waals surface area contributed by atoms with E-state index in [0.717, 1.165) is 16.9 Å². The first-order chi connectivity index (χ1) is 11.8. The van der Waals surface area contributed by atoms with Crippen LogP contribution in [-0.4, -0.2) is 31.7 Å². The fourth-order valence-corrected chi connectivity index (χ4v) is 3.70. The molecule has 0 fully saturated rings. The van der Waals surface area contributed by atoms with E-state index in [2.05, 4.69) is 4.98 Å². The van der Waals surface area contributed by atoms with Crippen molar-refractivity contribution in [1.29, 1.82) is 0 Å². The summed E-state index contributed by atoms with van der Waals surface area (Å²) in [5.41, 5.74) is 1.04. The summed E-state index contributed by atoms with van der Waals surface area (Å²) in [5.74, 6) is -1.62. The molecule has 2 heterocycles. The number of nitrogens with zero attached hydrogens (tertiary/aromatic N) is 2. The maximum absolute atomic E-state index is 12.8. The fraction of sp³-hybridized carbons (Fsp3) is 0.176. The summed E-state index contributed by atoms with van der Waals surface area (Å²) in [6.07, 6.45) is 0. The van der Waals surface area contributed by atoms with E-state index >= 15 is 0 Å². The van der Waals surface area contributed by atoms with Gasteiger partial charge in [-0.25, -0.2) is 14.6 Å². The van der Waals surface area contributed by atoms with Crippen LogP contribution in [0.5, 0.6) is 0 Å². The number of thiophene rings is 1. The molecule has 0 spiro atoms. The van der Waals surface area contributed by atoms with E-state index in [0.29, 0.717) is 21.6 Å². The van der Waals surface area contributed by atoms with Crippen LogP contribution >= 0.6 is 11.3 Å². The van der Waals surface area contributed by atoms with Crippen LogP contribution in [0.15, 0.2) is 29.1 Å². The van der Waals surface area contributed by atoms with Gasteiger partial charge in [-0.05, 0) is 37.1 Å². The number of aromatic carboxylic acids is 2. The van der Waals surface area contributed by atoms with E-state index in [4.69, 9.17) is 5.11 Å². The van der Waals surface area contributed by atoms with Crippen LogP contribution in [0.1, 0.15) is 37.0 Å². The zero-order chi connectivity index (χ0) is 18.3. The highest BCUT2D eigenvalue weighted by molar-refractivity contribution is 7.20. The molecule has 7 nitrogen and oxygen atoms in total. The Balaban J connectivity index is 2.10. The highest BCUT2D eigenvalue weighted by Gasteiger charge is 2.20. The van der Waals surface area contributed by atoms with Gasteiger partial charge in [0.05, 0.1) is 17.5 Å². The first kappa shape index (κ1) is 16.8. The predicted molar refractivity (Wildman–Crippen MR) is 92.8 cm³/mol. The number of carboxylic acids is 2.